The lowest BCUT2D eigenvalue weighted by Gasteiger charge is -2.16. The van der Waals surface area contributed by atoms with E-state index in [2.05, 4.69) is 10.6 Å². The SMILES string of the molecule is COCCC(NC(=O)Nc1ccccc1COC)C(=O)O. The van der Waals surface area contributed by atoms with Crippen molar-refractivity contribution in [2.24, 2.45) is 0 Å². The van der Waals surface area contributed by atoms with E-state index in [4.69, 9.17) is 14.6 Å². The molecule has 0 aromatic heterocycles. The summed E-state index contributed by atoms with van der Waals surface area (Å²) in [4.78, 5) is 22.9. The van der Waals surface area contributed by atoms with Gasteiger partial charge in [0.2, 0.25) is 0 Å². The molecule has 21 heavy (non-hydrogen) atoms. The minimum atomic E-state index is -1.10. The van der Waals surface area contributed by atoms with Gasteiger partial charge in [-0.05, 0) is 6.07 Å². The summed E-state index contributed by atoms with van der Waals surface area (Å²) in [6.45, 7) is 0.597. The third-order valence-electron chi connectivity index (χ3n) is 2.78. The minimum Gasteiger partial charge on any atom is -0.480 e. The van der Waals surface area contributed by atoms with Crippen LogP contribution in [-0.4, -0.2) is 44.0 Å². The molecule has 1 aromatic rings. The minimum absolute atomic E-state index is 0.193. The second-order valence-electron chi connectivity index (χ2n) is 4.36. The van der Waals surface area contributed by atoms with Crippen molar-refractivity contribution < 1.29 is 24.2 Å². The first kappa shape index (κ1) is 16.9. The molecule has 116 valence electrons. The van der Waals surface area contributed by atoms with Crippen LogP contribution >= 0.6 is 0 Å². The number of anilines is 1. The number of urea groups is 1. The lowest BCUT2D eigenvalue weighted by molar-refractivity contribution is -0.139. The van der Waals surface area contributed by atoms with Crippen molar-refractivity contribution in [3.63, 3.8) is 0 Å². The van der Waals surface area contributed by atoms with Crippen LogP contribution in [0.25, 0.3) is 0 Å². The normalized spacial score (nSPS) is 11.7. The van der Waals surface area contributed by atoms with Crippen LogP contribution in [0.4, 0.5) is 10.5 Å². The van der Waals surface area contributed by atoms with E-state index < -0.39 is 18.0 Å². The first-order valence-corrected chi connectivity index (χ1v) is 6.44. The summed E-state index contributed by atoms with van der Waals surface area (Å²) in [5.41, 5.74) is 1.38. The zero-order valence-electron chi connectivity index (χ0n) is 12.1. The molecule has 0 radical (unpaired) electrons. The number of benzene rings is 1. The highest BCUT2D eigenvalue weighted by atomic mass is 16.5. The predicted molar refractivity (Wildman–Crippen MR) is 77.2 cm³/mol. The van der Waals surface area contributed by atoms with Crippen LogP contribution in [0.1, 0.15) is 12.0 Å². The van der Waals surface area contributed by atoms with Gasteiger partial charge in [0.15, 0.2) is 0 Å². The molecule has 0 heterocycles. The van der Waals surface area contributed by atoms with Crippen molar-refractivity contribution in [1.82, 2.24) is 5.32 Å². The number of rotatable bonds is 8. The van der Waals surface area contributed by atoms with Gasteiger partial charge in [-0.3, -0.25) is 0 Å². The van der Waals surface area contributed by atoms with Crippen LogP contribution in [0.3, 0.4) is 0 Å². The smallest absolute Gasteiger partial charge is 0.326 e. The van der Waals surface area contributed by atoms with Crippen LogP contribution in [0.15, 0.2) is 24.3 Å². The van der Waals surface area contributed by atoms with Crippen molar-refractivity contribution in [1.29, 1.82) is 0 Å². The summed E-state index contributed by atoms with van der Waals surface area (Å²) in [5.74, 6) is -1.10. The molecular formula is C14H20N2O5. The molecule has 1 unspecified atom stereocenters. The highest BCUT2D eigenvalue weighted by Crippen LogP contribution is 2.15. The van der Waals surface area contributed by atoms with E-state index in [0.29, 0.717) is 12.3 Å². The fourth-order valence-corrected chi connectivity index (χ4v) is 1.73. The molecule has 7 heteroatoms. The highest BCUT2D eigenvalue weighted by Gasteiger charge is 2.19. The highest BCUT2D eigenvalue weighted by molar-refractivity contribution is 5.92. The average Bonchev–Trinajstić information content (AvgIpc) is 2.45. The van der Waals surface area contributed by atoms with Crippen molar-refractivity contribution in [2.45, 2.75) is 19.1 Å². The quantitative estimate of drug-likeness (QED) is 0.674. The Balaban J connectivity index is 2.65. The Morgan fingerprint density at radius 2 is 1.95 bits per heavy atom. The molecule has 1 atom stereocenters. The van der Waals surface area contributed by atoms with Gasteiger partial charge in [0.05, 0.1) is 6.61 Å². The third-order valence-corrected chi connectivity index (χ3v) is 2.78. The standard InChI is InChI=1S/C14H20N2O5/c1-20-8-7-12(13(17)18)16-14(19)15-11-6-4-3-5-10(11)9-21-2/h3-6,12H,7-9H2,1-2H3,(H,17,18)(H2,15,16,19). The Hall–Kier alpha value is -2.12. The molecule has 7 nitrogen and oxygen atoms in total. The van der Waals surface area contributed by atoms with Crippen LogP contribution in [0, 0.1) is 0 Å². The fraction of sp³-hybridized carbons (Fsp3) is 0.429. The largest absolute Gasteiger partial charge is 0.480 e. The summed E-state index contributed by atoms with van der Waals surface area (Å²) in [7, 11) is 3.03. The summed E-state index contributed by atoms with van der Waals surface area (Å²) in [6, 6.07) is 5.56. The number of amides is 2. The van der Waals surface area contributed by atoms with E-state index in [0.717, 1.165) is 5.56 Å². The monoisotopic (exact) mass is 296 g/mol. The summed E-state index contributed by atoms with van der Waals surface area (Å²) in [5, 5.41) is 14.1. The predicted octanol–water partition coefficient (Wildman–Crippen LogP) is 1.44. The van der Waals surface area contributed by atoms with E-state index in [-0.39, 0.29) is 13.0 Å². The van der Waals surface area contributed by atoms with Crippen LogP contribution in [0.5, 0.6) is 0 Å². The number of hydrogen-bond donors (Lipinski definition) is 3. The van der Waals surface area contributed by atoms with Crippen molar-refractivity contribution in [3.05, 3.63) is 29.8 Å². The molecule has 0 spiro atoms. The Morgan fingerprint density at radius 1 is 1.24 bits per heavy atom. The van der Waals surface area contributed by atoms with E-state index in [1.54, 1.807) is 19.2 Å². The van der Waals surface area contributed by atoms with Gasteiger partial charge in [0.1, 0.15) is 6.04 Å². The summed E-state index contributed by atoms with van der Waals surface area (Å²) < 4.78 is 9.86. The molecule has 0 aliphatic rings. The zero-order chi connectivity index (χ0) is 15.7. The van der Waals surface area contributed by atoms with Gasteiger partial charge in [-0.15, -0.1) is 0 Å². The Kier molecular flexibility index (Phi) is 7.20. The molecule has 0 bridgehead atoms. The number of carbonyl (C=O) groups is 2. The van der Waals surface area contributed by atoms with Gasteiger partial charge in [-0.2, -0.15) is 0 Å². The molecule has 1 aromatic carbocycles. The van der Waals surface area contributed by atoms with Gasteiger partial charge >= 0.3 is 12.0 Å². The van der Waals surface area contributed by atoms with Crippen molar-refractivity contribution >= 4 is 17.7 Å². The molecular weight excluding hydrogens is 276 g/mol. The maximum atomic E-state index is 11.9. The molecule has 0 aliphatic heterocycles. The summed E-state index contributed by atoms with van der Waals surface area (Å²) >= 11 is 0. The second-order valence-corrected chi connectivity index (χ2v) is 4.36. The number of para-hydroxylation sites is 1. The molecule has 0 saturated carbocycles. The first-order chi connectivity index (χ1) is 10.1. The molecule has 3 N–H and O–H groups in total. The Bertz CT molecular complexity index is 478. The van der Waals surface area contributed by atoms with Crippen LogP contribution in [-0.2, 0) is 20.9 Å². The number of nitrogens with one attached hydrogen (secondary N) is 2. The van der Waals surface area contributed by atoms with Gasteiger partial charge in [0.25, 0.3) is 0 Å². The number of aliphatic carboxylic acids is 1. The molecule has 0 aliphatic carbocycles. The number of carboxylic acids is 1. The first-order valence-electron chi connectivity index (χ1n) is 6.44. The van der Waals surface area contributed by atoms with Gasteiger partial charge in [0, 0.05) is 38.5 Å². The number of hydrogen-bond acceptors (Lipinski definition) is 4. The number of carbonyl (C=O) groups excluding carboxylic acids is 1. The number of carboxylic acid groups (broad SMARTS) is 1. The third kappa shape index (κ3) is 5.80. The zero-order valence-corrected chi connectivity index (χ0v) is 12.1. The Labute approximate surface area is 123 Å². The Morgan fingerprint density at radius 3 is 2.57 bits per heavy atom. The molecule has 0 fully saturated rings. The topological polar surface area (TPSA) is 96.9 Å². The fourth-order valence-electron chi connectivity index (χ4n) is 1.73. The van der Waals surface area contributed by atoms with E-state index >= 15 is 0 Å². The number of methoxy groups -OCH3 is 2. The summed E-state index contributed by atoms with van der Waals surface area (Å²) in [6.07, 6.45) is 0.193. The maximum Gasteiger partial charge on any atom is 0.326 e. The van der Waals surface area contributed by atoms with Crippen LogP contribution in [0.2, 0.25) is 0 Å². The van der Waals surface area contributed by atoms with E-state index in [1.807, 2.05) is 12.1 Å². The molecule has 2 amide bonds. The molecule has 1 rings (SSSR count). The van der Waals surface area contributed by atoms with E-state index in [1.165, 1.54) is 7.11 Å². The maximum absolute atomic E-state index is 11.9. The van der Waals surface area contributed by atoms with Gasteiger partial charge in [-0.25, -0.2) is 9.59 Å². The van der Waals surface area contributed by atoms with Gasteiger partial charge < -0.3 is 25.2 Å². The van der Waals surface area contributed by atoms with E-state index in [9.17, 15) is 9.59 Å². The lowest BCUT2D eigenvalue weighted by atomic mass is 10.2. The second kappa shape index (κ2) is 8.93. The van der Waals surface area contributed by atoms with Gasteiger partial charge in [-0.1, -0.05) is 18.2 Å². The van der Waals surface area contributed by atoms with Crippen molar-refractivity contribution in [2.75, 3.05) is 26.1 Å². The van der Waals surface area contributed by atoms with Crippen LogP contribution < -0.4 is 10.6 Å². The lowest BCUT2D eigenvalue weighted by Crippen LogP contribution is -2.43. The number of ether oxygens (including phenoxy) is 2. The molecule has 0 saturated heterocycles. The van der Waals surface area contributed by atoms with Crippen molar-refractivity contribution in [3.8, 4) is 0 Å². The average molecular weight is 296 g/mol.